The number of aromatic amines is 1. The number of nitrogen functional groups attached to an aromatic ring is 1. The van der Waals surface area contributed by atoms with E-state index < -0.39 is 5.56 Å². The Kier molecular flexibility index (Phi) is 2.62. The quantitative estimate of drug-likeness (QED) is 0.711. The van der Waals surface area contributed by atoms with Gasteiger partial charge in [0.05, 0.1) is 0 Å². The van der Waals surface area contributed by atoms with Gasteiger partial charge in [-0.05, 0) is 12.8 Å². The number of nitrogens with one attached hydrogen (secondary N) is 1. The molecule has 1 aliphatic carbocycles. The van der Waals surface area contributed by atoms with Gasteiger partial charge in [-0.2, -0.15) is 0 Å². The summed E-state index contributed by atoms with van der Waals surface area (Å²) in [5, 5.41) is 0. The van der Waals surface area contributed by atoms with Gasteiger partial charge in [-0.1, -0.05) is 19.3 Å². The zero-order valence-corrected chi connectivity index (χ0v) is 8.53. The monoisotopic (exact) mass is 209 g/mol. The first kappa shape index (κ1) is 10.0. The average molecular weight is 209 g/mol. The molecule has 0 aliphatic heterocycles. The van der Waals surface area contributed by atoms with E-state index in [0.29, 0.717) is 0 Å². The van der Waals surface area contributed by atoms with Crippen molar-refractivity contribution in [2.24, 2.45) is 0 Å². The minimum Gasteiger partial charge on any atom is -0.393 e. The van der Waals surface area contributed by atoms with Gasteiger partial charge in [-0.3, -0.25) is 14.3 Å². The summed E-state index contributed by atoms with van der Waals surface area (Å²) in [6.07, 6.45) is 6.95. The molecule has 0 bridgehead atoms. The fraction of sp³-hybridized carbons (Fsp3) is 0.600. The van der Waals surface area contributed by atoms with Crippen molar-refractivity contribution in [2.75, 3.05) is 5.73 Å². The van der Waals surface area contributed by atoms with E-state index in [1.807, 2.05) is 0 Å². The molecule has 0 radical (unpaired) electrons. The normalized spacial score (nSPS) is 17.9. The Morgan fingerprint density at radius 3 is 2.60 bits per heavy atom. The fourth-order valence-corrected chi connectivity index (χ4v) is 2.13. The maximum absolute atomic E-state index is 11.5. The van der Waals surface area contributed by atoms with Crippen molar-refractivity contribution in [3.8, 4) is 0 Å². The zero-order chi connectivity index (χ0) is 10.8. The standard InChI is InChI=1S/C10H15N3O2/c11-8-6-13(10(15)12-9(8)14)7-4-2-1-3-5-7/h6-7H,1-5,11H2,(H,12,14,15). The molecule has 0 saturated heterocycles. The van der Waals surface area contributed by atoms with Gasteiger partial charge in [0.15, 0.2) is 0 Å². The van der Waals surface area contributed by atoms with Gasteiger partial charge in [0.1, 0.15) is 5.69 Å². The highest BCUT2D eigenvalue weighted by Gasteiger charge is 2.16. The lowest BCUT2D eigenvalue weighted by Crippen LogP contribution is -2.34. The second kappa shape index (κ2) is 3.92. The molecule has 82 valence electrons. The summed E-state index contributed by atoms with van der Waals surface area (Å²) in [7, 11) is 0. The Morgan fingerprint density at radius 1 is 1.27 bits per heavy atom. The van der Waals surface area contributed by atoms with E-state index in [0.717, 1.165) is 25.7 Å². The van der Waals surface area contributed by atoms with Crippen LogP contribution in [0.2, 0.25) is 0 Å². The van der Waals surface area contributed by atoms with Crippen LogP contribution in [0.15, 0.2) is 15.8 Å². The van der Waals surface area contributed by atoms with Crippen LogP contribution >= 0.6 is 0 Å². The summed E-state index contributed by atoms with van der Waals surface area (Å²) in [4.78, 5) is 24.9. The third-order valence-corrected chi connectivity index (χ3v) is 2.96. The average Bonchev–Trinajstić information content (AvgIpc) is 2.25. The number of hydrogen-bond donors (Lipinski definition) is 2. The number of rotatable bonds is 1. The molecule has 0 aromatic carbocycles. The number of nitrogens with two attached hydrogens (primary N) is 1. The molecule has 5 nitrogen and oxygen atoms in total. The van der Waals surface area contributed by atoms with Gasteiger partial charge in [0, 0.05) is 12.2 Å². The topological polar surface area (TPSA) is 80.9 Å². The molecule has 0 spiro atoms. The van der Waals surface area contributed by atoms with Gasteiger partial charge in [0.2, 0.25) is 0 Å². The molecule has 0 amide bonds. The Labute approximate surface area is 86.9 Å². The van der Waals surface area contributed by atoms with Gasteiger partial charge < -0.3 is 5.73 Å². The van der Waals surface area contributed by atoms with Crippen LogP contribution in [0.1, 0.15) is 38.1 Å². The smallest absolute Gasteiger partial charge is 0.328 e. The van der Waals surface area contributed by atoms with E-state index in [4.69, 9.17) is 5.73 Å². The highest BCUT2D eigenvalue weighted by molar-refractivity contribution is 5.30. The molecule has 1 aromatic rings. The zero-order valence-electron chi connectivity index (χ0n) is 8.53. The Bertz CT molecular complexity index is 454. The molecule has 15 heavy (non-hydrogen) atoms. The van der Waals surface area contributed by atoms with E-state index in [-0.39, 0.29) is 17.4 Å². The molecule has 0 atom stereocenters. The maximum Gasteiger partial charge on any atom is 0.328 e. The van der Waals surface area contributed by atoms with Crippen molar-refractivity contribution >= 4 is 5.69 Å². The highest BCUT2D eigenvalue weighted by atomic mass is 16.2. The fourth-order valence-electron chi connectivity index (χ4n) is 2.13. The summed E-state index contributed by atoms with van der Waals surface area (Å²) in [6.45, 7) is 0. The lowest BCUT2D eigenvalue weighted by atomic mass is 9.95. The van der Waals surface area contributed by atoms with Gasteiger partial charge in [0.25, 0.3) is 5.56 Å². The predicted octanol–water partition coefficient (Wildman–Crippen LogP) is 0.624. The van der Waals surface area contributed by atoms with Crippen molar-refractivity contribution in [1.29, 1.82) is 0 Å². The molecule has 2 rings (SSSR count). The van der Waals surface area contributed by atoms with E-state index in [1.165, 1.54) is 12.6 Å². The summed E-state index contributed by atoms with van der Waals surface area (Å²) in [6, 6.07) is 0.199. The van der Waals surface area contributed by atoms with E-state index in [9.17, 15) is 9.59 Å². The summed E-state index contributed by atoms with van der Waals surface area (Å²) < 4.78 is 1.57. The van der Waals surface area contributed by atoms with E-state index in [2.05, 4.69) is 4.98 Å². The lowest BCUT2D eigenvalue weighted by molar-refractivity contribution is 0.342. The maximum atomic E-state index is 11.5. The molecule has 1 fully saturated rings. The summed E-state index contributed by atoms with van der Waals surface area (Å²) in [5.74, 6) is 0. The third-order valence-electron chi connectivity index (χ3n) is 2.96. The van der Waals surface area contributed by atoms with Crippen LogP contribution in [0.3, 0.4) is 0 Å². The molecule has 1 aliphatic rings. The molecule has 1 heterocycles. The molecule has 1 saturated carbocycles. The number of H-pyrrole nitrogens is 1. The van der Waals surface area contributed by atoms with Gasteiger partial charge in [-0.25, -0.2) is 4.79 Å². The lowest BCUT2D eigenvalue weighted by Gasteiger charge is -2.23. The first-order chi connectivity index (χ1) is 7.18. The van der Waals surface area contributed by atoms with Crippen molar-refractivity contribution in [3.05, 3.63) is 27.0 Å². The Morgan fingerprint density at radius 2 is 1.93 bits per heavy atom. The minimum atomic E-state index is -0.493. The Balaban J connectivity index is 2.39. The van der Waals surface area contributed by atoms with Crippen molar-refractivity contribution in [2.45, 2.75) is 38.1 Å². The summed E-state index contributed by atoms with van der Waals surface area (Å²) in [5.41, 5.74) is 4.76. The first-order valence-electron chi connectivity index (χ1n) is 5.29. The van der Waals surface area contributed by atoms with Crippen LogP contribution in [0.25, 0.3) is 0 Å². The second-order valence-corrected chi connectivity index (χ2v) is 4.04. The largest absolute Gasteiger partial charge is 0.393 e. The van der Waals surface area contributed by atoms with Gasteiger partial charge >= 0.3 is 5.69 Å². The predicted molar refractivity (Wildman–Crippen MR) is 57.9 cm³/mol. The first-order valence-corrected chi connectivity index (χ1v) is 5.29. The number of anilines is 1. The van der Waals surface area contributed by atoms with Crippen LogP contribution in [0, 0.1) is 0 Å². The van der Waals surface area contributed by atoms with E-state index in [1.54, 1.807) is 4.57 Å². The second-order valence-electron chi connectivity index (χ2n) is 4.04. The van der Waals surface area contributed by atoms with Crippen molar-refractivity contribution in [1.82, 2.24) is 9.55 Å². The SMILES string of the molecule is Nc1cn(C2CCCCC2)c(=O)[nH]c1=O. The molecular weight excluding hydrogens is 194 g/mol. The number of hydrogen-bond acceptors (Lipinski definition) is 3. The molecule has 5 heteroatoms. The third kappa shape index (κ3) is 1.95. The van der Waals surface area contributed by atoms with Gasteiger partial charge in [-0.15, -0.1) is 0 Å². The van der Waals surface area contributed by atoms with Crippen molar-refractivity contribution in [3.63, 3.8) is 0 Å². The number of nitrogens with zero attached hydrogens (tertiary/aromatic N) is 1. The van der Waals surface area contributed by atoms with E-state index >= 15 is 0 Å². The molecule has 1 aromatic heterocycles. The molecule has 0 unspecified atom stereocenters. The molecule has 3 N–H and O–H groups in total. The number of aromatic nitrogens is 2. The summed E-state index contributed by atoms with van der Waals surface area (Å²) >= 11 is 0. The highest BCUT2D eigenvalue weighted by Crippen LogP contribution is 2.26. The van der Waals surface area contributed by atoms with Crippen molar-refractivity contribution < 1.29 is 0 Å². The minimum absolute atomic E-state index is 0.111. The van der Waals surface area contributed by atoms with Crippen LogP contribution in [0.4, 0.5) is 5.69 Å². The van der Waals surface area contributed by atoms with Crippen LogP contribution in [-0.2, 0) is 0 Å². The van der Waals surface area contributed by atoms with Crippen LogP contribution < -0.4 is 17.0 Å². The van der Waals surface area contributed by atoms with Crippen LogP contribution in [-0.4, -0.2) is 9.55 Å². The Hall–Kier alpha value is -1.52. The van der Waals surface area contributed by atoms with Crippen LogP contribution in [0.5, 0.6) is 0 Å². The molecular formula is C10H15N3O2.